The van der Waals surface area contributed by atoms with E-state index in [4.69, 9.17) is 9.47 Å². The second kappa shape index (κ2) is 11.9. The normalized spacial score (nSPS) is 11.3. The highest BCUT2D eigenvalue weighted by atomic mass is 32.2. The standard InChI is InChI=1S/C18H29NO6S/c1-15-14-16(9-10-17(15)25-13-12-23-2)26(21,22)19-11-7-5-4-6-8-18(20)24-3/h9-10,14,19H,4-8,11-13H2,1-3H3. The van der Waals surface area contributed by atoms with Crippen LogP contribution in [-0.2, 0) is 24.3 Å². The minimum absolute atomic E-state index is 0.212. The highest BCUT2D eigenvalue weighted by Gasteiger charge is 2.15. The molecule has 0 aliphatic heterocycles. The third-order valence-electron chi connectivity index (χ3n) is 3.83. The summed E-state index contributed by atoms with van der Waals surface area (Å²) in [6, 6.07) is 4.79. The van der Waals surface area contributed by atoms with E-state index in [9.17, 15) is 13.2 Å². The molecule has 26 heavy (non-hydrogen) atoms. The Bertz CT molecular complexity index is 660. The van der Waals surface area contributed by atoms with Gasteiger partial charge in [0.2, 0.25) is 10.0 Å². The summed E-state index contributed by atoms with van der Waals surface area (Å²) in [5, 5.41) is 0. The third kappa shape index (κ3) is 8.16. The van der Waals surface area contributed by atoms with E-state index >= 15 is 0 Å². The van der Waals surface area contributed by atoms with Gasteiger partial charge in [0, 0.05) is 20.1 Å². The maximum Gasteiger partial charge on any atom is 0.305 e. The number of ether oxygens (including phenoxy) is 3. The first-order valence-electron chi connectivity index (χ1n) is 8.69. The van der Waals surface area contributed by atoms with Crippen molar-refractivity contribution in [2.75, 3.05) is 34.0 Å². The number of esters is 1. The molecule has 148 valence electrons. The Hall–Kier alpha value is -1.64. The fourth-order valence-electron chi connectivity index (χ4n) is 2.33. The molecule has 0 bridgehead atoms. The molecule has 0 saturated carbocycles. The van der Waals surface area contributed by atoms with Crippen molar-refractivity contribution in [1.82, 2.24) is 4.72 Å². The van der Waals surface area contributed by atoms with Gasteiger partial charge >= 0.3 is 5.97 Å². The minimum atomic E-state index is -3.54. The lowest BCUT2D eigenvalue weighted by Gasteiger charge is -2.11. The first-order chi connectivity index (χ1) is 12.4. The fraction of sp³-hybridized carbons (Fsp3) is 0.611. The molecule has 0 unspecified atom stereocenters. The van der Waals surface area contributed by atoms with Gasteiger partial charge in [-0.25, -0.2) is 13.1 Å². The van der Waals surface area contributed by atoms with E-state index in [1.165, 1.54) is 13.2 Å². The van der Waals surface area contributed by atoms with E-state index in [0.29, 0.717) is 31.9 Å². The van der Waals surface area contributed by atoms with E-state index in [1.807, 2.05) is 6.92 Å². The Labute approximate surface area is 156 Å². The van der Waals surface area contributed by atoms with Gasteiger partial charge in [0.05, 0.1) is 18.6 Å². The molecule has 0 spiro atoms. The third-order valence-corrected chi connectivity index (χ3v) is 5.29. The monoisotopic (exact) mass is 387 g/mol. The smallest absolute Gasteiger partial charge is 0.305 e. The van der Waals surface area contributed by atoms with Gasteiger partial charge in [-0.05, 0) is 43.5 Å². The average Bonchev–Trinajstić information content (AvgIpc) is 2.62. The molecule has 0 fully saturated rings. The molecule has 8 heteroatoms. The van der Waals surface area contributed by atoms with Gasteiger partial charge in [-0.1, -0.05) is 12.8 Å². The van der Waals surface area contributed by atoms with Gasteiger partial charge in [0.15, 0.2) is 0 Å². The second-order valence-electron chi connectivity index (χ2n) is 5.91. The Balaban J connectivity index is 2.40. The maximum atomic E-state index is 12.3. The number of hydrogen-bond donors (Lipinski definition) is 1. The van der Waals surface area contributed by atoms with Crippen molar-refractivity contribution in [3.63, 3.8) is 0 Å². The van der Waals surface area contributed by atoms with E-state index in [2.05, 4.69) is 9.46 Å². The van der Waals surface area contributed by atoms with Crippen LogP contribution in [0.25, 0.3) is 0 Å². The largest absolute Gasteiger partial charge is 0.491 e. The van der Waals surface area contributed by atoms with Crippen LogP contribution in [0.3, 0.4) is 0 Å². The van der Waals surface area contributed by atoms with E-state index in [0.717, 1.165) is 31.2 Å². The molecule has 0 amide bonds. The summed E-state index contributed by atoms with van der Waals surface area (Å²) in [5.41, 5.74) is 0.756. The van der Waals surface area contributed by atoms with Gasteiger partial charge in [-0.15, -0.1) is 0 Å². The van der Waals surface area contributed by atoms with Gasteiger partial charge in [0.25, 0.3) is 0 Å². The average molecular weight is 387 g/mol. The summed E-state index contributed by atoms with van der Waals surface area (Å²) in [4.78, 5) is 11.2. The molecular weight excluding hydrogens is 358 g/mol. The van der Waals surface area contributed by atoms with Crippen molar-refractivity contribution >= 4 is 16.0 Å². The number of methoxy groups -OCH3 is 2. The van der Waals surface area contributed by atoms with E-state index < -0.39 is 10.0 Å². The Morgan fingerprint density at radius 1 is 1.08 bits per heavy atom. The van der Waals surface area contributed by atoms with Crippen LogP contribution in [0.15, 0.2) is 23.1 Å². The molecular formula is C18H29NO6S. The minimum Gasteiger partial charge on any atom is -0.491 e. The summed E-state index contributed by atoms with van der Waals surface area (Å²) in [6.07, 6.45) is 3.59. The zero-order valence-electron chi connectivity index (χ0n) is 15.7. The number of rotatable bonds is 13. The first kappa shape index (κ1) is 22.4. The van der Waals surface area contributed by atoms with Gasteiger partial charge in [-0.2, -0.15) is 0 Å². The topological polar surface area (TPSA) is 90.9 Å². The highest BCUT2D eigenvalue weighted by molar-refractivity contribution is 7.89. The molecule has 7 nitrogen and oxygen atoms in total. The van der Waals surface area contributed by atoms with E-state index in [-0.39, 0.29) is 10.9 Å². The second-order valence-corrected chi connectivity index (χ2v) is 7.67. The van der Waals surface area contributed by atoms with Crippen LogP contribution in [0.1, 0.15) is 37.7 Å². The van der Waals surface area contributed by atoms with E-state index in [1.54, 1.807) is 19.2 Å². The molecule has 0 radical (unpaired) electrons. The summed E-state index contributed by atoms with van der Waals surface area (Å²) >= 11 is 0. The van der Waals surface area contributed by atoms with Crippen molar-refractivity contribution in [3.8, 4) is 5.75 Å². The number of carbonyl (C=O) groups is 1. The van der Waals surface area contributed by atoms with Crippen LogP contribution in [-0.4, -0.2) is 48.4 Å². The molecule has 0 atom stereocenters. The van der Waals surface area contributed by atoms with Crippen LogP contribution >= 0.6 is 0 Å². The lowest BCUT2D eigenvalue weighted by atomic mass is 10.1. The molecule has 1 aromatic carbocycles. The van der Waals surface area contributed by atoms with Crippen LogP contribution < -0.4 is 9.46 Å². The van der Waals surface area contributed by atoms with Crippen molar-refractivity contribution in [2.24, 2.45) is 0 Å². The molecule has 1 N–H and O–H groups in total. The number of unbranched alkanes of at least 4 members (excludes halogenated alkanes) is 3. The van der Waals surface area contributed by atoms with Crippen LogP contribution in [0.5, 0.6) is 5.75 Å². The molecule has 0 aliphatic carbocycles. The predicted molar refractivity (Wildman–Crippen MR) is 98.8 cm³/mol. The maximum absolute atomic E-state index is 12.3. The SMILES string of the molecule is COCCOc1ccc(S(=O)(=O)NCCCCCCC(=O)OC)cc1C. The Kier molecular flexibility index (Phi) is 10.2. The number of aryl methyl sites for hydroxylation is 1. The first-order valence-corrected chi connectivity index (χ1v) is 10.2. The summed E-state index contributed by atoms with van der Waals surface area (Å²) < 4.78 is 42.3. The lowest BCUT2D eigenvalue weighted by molar-refractivity contribution is -0.140. The van der Waals surface area contributed by atoms with Gasteiger partial charge < -0.3 is 14.2 Å². The fourth-order valence-corrected chi connectivity index (χ4v) is 3.48. The zero-order valence-corrected chi connectivity index (χ0v) is 16.6. The Morgan fingerprint density at radius 2 is 1.81 bits per heavy atom. The molecule has 0 aliphatic rings. The predicted octanol–water partition coefficient (Wildman–Crippen LogP) is 2.42. The molecule has 1 aromatic rings. The van der Waals surface area contributed by atoms with Crippen LogP contribution in [0.2, 0.25) is 0 Å². The van der Waals surface area contributed by atoms with Crippen molar-refractivity contribution in [3.05, 3.63) is 23.8 Å². The highest BCUT2D eigenvalue weighted by Crippen LogP contribution is 2.21. The van der Waals surface area contributed by atoms with Crippen LogP contribution in [0, 0.1) is 6.92 Å². The van der Waals surface area contributed by atoms with Crippen molar-refractivity contribution in [1.29, 1.82) is 0 Å². The summed E-state index contributed by atoms with van der Waals surface area (Å²) in [5.74, 6) is 0.433. The van der Waals surface area contributed by atoms with Gasteiger partial charge in [0.1, 0.15) is 12.4 Å². The zero-order chi connectivity index (χ0) is 19.4. The number of sulfonamides is 1. The molecule has 0 saturated heterocycles. The van der Waals surface area contributed by atoms with Crippen molar-refractivity contribution < 1.29 is 27.4 Å². The summed E-state index contributed by atoms with van der Waals surface area (Å²) in [7, 11) is -0.573. The summed E-state index contributed by atoms with van der Waals surface area (Å²) in [6.45, 7) is 3.06. The Morgan fingerprint density at radius 3 is 2.46 bits per heavy atom. The number of carbonyl (C=O) groups excluding carboxylic acids is 1. The molecule has 0 heterocycles. The van der Waals surface area contributed by atoms with Crippen molar-refractivity contribution in [2.45, 2.75) is 43.9 Å². The van der Waals surface area contributed by atoms with Gasteiger partial charge in [-0.3, -0.25) is 4.79 Å². The van der Waals surface area contributed by atoms with Crippen LogP contribution in [0.4, 0.5) is 0 Å². The molecule has 1 rings (SSSR count). The molecule has 0 aromatic heterocycles. The lowest BCUT2D eigenvalue weighted by Crippen LogP contribution is -2.24. The number of hydrogen-bond acceptors (Lipinski definition) is 6. The number of nitrogens with one attached hydrogen (secondary N) is 1. The number of benzene rings is 1. The quantitative estimate of drug-likeness (QED) is 0.413.